The first-order valence-electron chi connectivity index (χ1n) is 12.7. The van der Waals surface area contributed by atoms with Crippen molar-refractivity contribution >= 4 is 28.6 Å². The SMILES string of the molecule is Cc1c(-c2ccc(C3=NC4(CC4)C(=O)N3CC3CN(C(=O)C4CC4)C3)cc2)ccc2c1cnn2C. The van der Waals surface area contributed by atoms with Gasteiger partial charge in [0.2, 0.25) is 5.91 Å². The number of hydrogen-bond donors (Lipinski definition) is 0. The van der Waals surface area contributed by atoms with E-state index in [9.17, 15) is 9.59 Å². The van der Waals surface area contributed by atoms with Crippen molar-refractivity contribution in [1.29, 1.82) is 0 Å². The number of likely N-dealkylation sites (tertiary alicyclic amines) is 1. The fourth-order valence-corrected chi connectivity index (χ4v) is 5.68. The molecule has 2 amide bonds. The second kappa shape index (κ2) is 7.26. The van der Waals surface area contributed by atoms with E-state index in [2.05, 4.69) is 48.4 Å². The van der Waals surface area contributed by atoms with Gasteiger partial charge in [-0.3, -0.25) is 24.2 Å². The normalized spacial score (nSPS) is 21.1. The maximum absolute atomic E-state index is 13.3. The van der Waals surface area contributed by atoms with Crippen LogP contribution in [0.3, 0.4) is 0 Å². The van der Waals surface area contributed by atoms with E-state index in [0.29, 0.717) is 18.4 Å². The molecule has 1 saturated heterocycles. The highest BCUT2D eigenvalue weighted by atomic mass is 16.2. The molecule has 3 aromatic rings. The first kappa shape index (κ1) is 20.9. The summed E-state index contributed by atoms with van der Waals surface area (Å²) in [4.78, 5) is 34.4. The van der Waals surface area contributed by atoms with Crippen LogP contribution >= 0.6 is 0 Å². The Balaban J connectivity index is 1.13. The van der Waals surface area contributed by atoms with Gasteiger partial charge in [0.15, 0.2) is 0 Å². The molecule has 1 spiro atoms. The van der Waals surface area contributed by atoms with Crippen LogP contribution in [-0.4, -0.2) is 62.4 Å². The zero-order valence-corrected chi connectivity index (χ0v) is 20.2. The molecule has 0 radical (unpaired) electrons. The maximum Gasteiger partial charge on any atom is 0.256 e. The van der Waals surface area contributed by atoms with E-state index >= 15 is 0 Å². The molecule has 35 heavy (non-hydrogen) atoms. The van der Waals surface area contributed by atoms with Crippen LogP contribution in [0.2, 0.25) is 0 Å². The number of amides is 2. The average molecular weight is 468 g/mol. The second-order valence-electron chi connectivity index (χ2n) is 10.8. The van der Waals surface area contributed by atoms with Crippen molar-refractivity contribution in [2.45, 2.75) is 38.1 Å². The van der Waals surface area contributed by atoms with Crippen molar-refractivity contribution in [2.24, 2.45) is 23.9 Å². The number of carbonyl (C=O) groups is 2. The molecule has 7 nitrogen and oxygen atoms in total. The third kappa shape index (κ3) is 3.24. The van der Waals surface area contributed by atoms with Gasteiger partial charge in [0, 0.05) is 49.5 Å². The summed E-state index contributed by atoms with van der Waals surface area (Å²) in [5.41, 5.74) is 5.13. The molecule has 4 aliphatic rings. The Hall–Kier alpha value is -3.48. The molecule has 3 heterocycles. The predicted molar refractivity (Wildman–Crippen MR) is 134 cm³/mol. The minimum Gasteiger partial charge on any atom is -0.342 e. The number of amidine groups is 1. The van der Waals surface area contributed by atoms with Crippen molar-refractivity contribution in [3.63, 3.8) is 0 Å². The monoisotopic (exact) mass is 467 g/mol. The van der Waals surface area contributed by atoms with Gasteiger partial charge in [0.1, 0.15) is 11.4 Å². The number of fused-ring (bicyclic) bond motifs is 1. The first-order valence-corrected chi connectivity index (χ1v) is 12.7. The minimum atomic E-state index is -0.525. The molecule has 3 fully saturated rings. The lowest BCUT2D eigenvalue weighted by Crippen LogP contribution is -2.55. The average Bonchev–Trinajstić information content (AvgIpc) is 3.75. The van der Waals surface area contributed by atoms with E-state index in [4.69, 9.17) is 4.99 Å². The Morgan fingerprint density at radius 1 is 1.06 bits per heavy atom. The van der Waals surface area contributed by atoms with Gasteiger partial charge in [0.05, 0.1) is 11.7 Å². The fourth-order valence-electron chi connectivity index (χ4n) is 5.68. The third-order valence-electron chi connectivity index (χ3n) is 8.23. The van der Waals surface area contributed by atoms with Crippen molar-refractivity contribution in [3.8, 4) is 11.1 Å². The summed E-state index contributed by atoms with van der Waals surface area (Å²) in [6, 6.07) is 12.7. The maximum atomic E-state index is 13.3. The van der Waals surface area contributed by atoms with Crippen LogP contribution < -0.4 is 0 Å². The highest BCUT2D eigenvalue weighted by Gasteiger charge is 2.57. The summed E-state index contributed by atoms with van der Waals surface area (Å²) in [5, 5.41) is 5.56. The zero-order valence-electron chi connectivity index (χ0n) is 20.2. The quantitative estimate of drug-likeness (QED) is 0.576. The molecule has 0 atom stereocenters. The summed E-state index contributed by atoms with van der Waals surface area (Å²) in [6.07, 6.45) is 5.68. The number of rotatable bonds is 5. The summed E-state index contributed by atoms with van der Waals surface area (Å²) in [6.45, 7) is 4.30. The molecule has 2 aromatic carbocycles. The first-order chi connectivity index (χ1) is 16.9. The van der Waals surface area contributed by atoms with Crippen LogP contribution in [0, 0.1) is 18.8 Å². The largest absolute Gasteiger partial charge is 0.342 e. The Morgan fingerprint density at radius 3 is 2.46 bits per heavy atom. The van der Waals surface area contributed by atoms with Crippen LogP contribution in [0.25, 0.3) is 22.0 Å². The van der Waals surface area contributed by atoms with E-state index in [1.54, 1.807) is 0 Å². The molecular formula is C28H29N5O2. The Bertz CT molecular complexity index is 1410. The molecule has 0 bridgehead atoms. The number of nitrogens with zero attached hydrogens (tertiary/aromatic N) is 5. The van der Waals surface area contributed by atoms with Crippen molar-refractivity contribution in [3.05, 3.63) is 53.7 Å². The molecule has 7 heteroatoms. The van der Waals surface area contributed by atoms with Crippen molar-refractivity contribution in [1.82, 2.24) is 19.6 Å². The lowest BCUT2D eigenvalue weighted by atomic mass is 9.96. The van der Waals surface area contributed by atoms with Crippen LogP contribution in [-0.2, 0) is 16.6 Å². The number of aryl methyl sites for hydroxylation is 2. The Kier molecular flexibility index (Phi) is 4.33. The number of hydrogen-bond acceptors (Lipinski definition) is 4. The highest BCUT2D eigenvalue weighted by molar-refractivity contribution is 6.16. The second-order valence-corrected chi connectivity index (χ2v) is 10.8. The molecule has 2 aliphatic heterocycles. The Labute approximate surface area is 204 Å². The van der Waals surface area contributed by atoms with Crippen LogP contribution in [0.1, 0.15) is 36.8 Å². The van der Waals surface area contributed by atoms with E-state index in [0.717, 1.165) is 66.6 Å². The van der Waals surface area contributed by atoms with E-state index < -0.39 is 5.54 Å². The minimum absolute atomic E-state index is 0.140. The van der Waals surface area contributed by atoms with E-state index in [1.807, 2.05) is 27.7 Å². The molecule has 0 N–H and O–H groups in total. The van der Waals surface area contributed by atoms with Crippen LogP contribution in [0.4, 0.5) is 0 Å². The van der Waals surface area contributed by atoms with Gasteiger partial charge in [-0.2, -0.15) is 5.10 Å². The number of benzene rings is 2. The summed E-state index contributed by atoms with van der Waals surface area (Å²) in [5.74, 6) is 1.83. The van der Waals surface area contributed by atoms with Crippen molar-refractivity contribution in [2.75, 3.05) is 19.6 Å². The molecule has 1 aromatic heterocycles. The topological polar surface area (TPSA) is 70.8 Å². The van der Waals surface area contributed by atoms with Gasteiger partial charge in [0.25, 0.3) is 5.91 Å². The van der Waals surface area contributed by atoms with Gasteiger partial charge >= 0.3 is 0 Å². The summed E-state index contributed by atoms with van der Waals surface area (Å²) in [7, 11) is 1.96. The number of carbonyl (C=O) groups excluding carboxylic acids is 2. The van der Waals surface area contributed by atoms with Gasteiger partial charge in [-0.25, -0.2) is 0 Å². The summed E-state index contributed by atoms with van der Waals surface area (Å²) >= 11 is 0. The predicted octanol–water partition coefficient (Wildman–Crippen LogP) is 3.54. The van der Waals surface area contributed by atoms with Gasteiger partial charge in [-0.1, -0.05) is 30.3 Å². The molecular weight excluding hydrogens is 438 g/mol. The molecule has 178 valence electrons. The third-order valence-corrected chi connectivity index (χ3v) is 8.23. The van der Waals surface area contributed by atoms with Gasteiger partial charge < -0.3 is 4.90 Å². The molecule has 7 rings (SSSR count). The smallest absolute Gasteiger partial charge is 0.256 e. The number of aromatic nitrogens is 2. The van der Waals surface area contributed by atoms with Gasteiger partial charge in [-0.15, -0.1) is 0 Å². The van der Waals surface area contributed by atoms with Crippen molar-refractivity contribution < 1.29 is 9.59 Å². The number of aliphatic imine (C=N–C) groups is 1. The summed E-state index contributed by atoms with van der Waals surface area (Å²) < 4.78 is 1.90. The van der Waals surface area contributed by atoms with Crippen LogP contribution in [0.5, 0.6) is 0 Å². The standard InChI is InChI=1S/C28H29N5O2/c1-17-22(9-10-24-23(17)13-29-31(24)2)19-3-5-20(6-4-19)25-30-28(11-12-28)27(35)33(25)16-18-14-32(15-18)26(34)21-7-8-21/h3-6,9-10,13,18,21H,7-8,11-12,14-16H2,1-2H3. The van der Waals surface area contributed by atoms with Crippen LogP contribution in [0.15, 0.2) is 47.6 Å². The fraction of sp³-hybridized carbons (Fsp3) is 0.429. The highest BCUT2D eigenvalue weighted by Crippen LogP contribution is 2.46. The lowest BCUT2D eigenvalue weighted by Gasteiger charge is -2.41. The lowest BCUT2D eigenvalue weighted by molar-refractivity contribution is -0.139. The zero-order chi connectivity index (χ0) is 23.9. The van der Waals surface area contributed by atoms with E-state index in [1.165, 1.54) is 11.1 Å². The Morgan fingerprint density at radius 2 is 1.77 bits per heavy atom. The van der Waals surface area contributed by atoms with E-state index in [-0.39, 0.29) is 11.8 Å². The van der Waals surface area contributed by atoms with Gasteiger partial charge in [-0.05, 0) is 55.4 Å². The molecule has 0 unspecified atom stereocenters. The molecule has 2 saturated carbocycles. The molecule has 2 aliphatic carbocycles.